The molecular weight excluding hydrogens is 302 g/mol. The van der Waals surface area contributed by atoms with Gasteiger partial charge in [-0.15, -0.1) is 10.2 Å². The number of amides is 1. The fourth-order valence-electron chi connectivity index (χ4n) is 1.43. The number of aryl methyl sites for hydroxylation is 1. The van der Waals surface area contributed by atoms with Crippen molar-refractivity contribution in [1.82, 2.24) is 10.2 Å². The lowest BCUT2D eigenvalue weighted by molar-refractivity contribution is -0.116. The largest absolute Gasteiger partial charge is 0.300 e. The van der Waals surface area contributed by atoms with Gasteiger partial charge in [0.15, 0.2) is 4.34 Å². The maximum absolute atomic E-state index is 11.7. The number of hydrogen-bond donors (Lipinski definition) is 1. The Morgan fingerprint density at radius 2 is 2.11 bits per heavy atom. The molecule has 19 heavy (non-hydrogen) atoms. The zero-order valence-corrected chi connectivity index (χ0v) is 12.6. The van der Waals surface area contributed by atoms with E-state index in [4.69, 9.17) is 11.6 Å². The van der Waals surface area contributed by atoms with Crippen molar-refractivity contribution in [3.8, 4) is 0 Å². The maximum atomic E-state index is 11.7. The fourth-order valence-corrected chi connectivity index (χ4v) is 2.75. The molecule has 0 spiro atoms. The summed E-state index contributed by atoms with van der Waals surface area (Å²) >= 11 is 8.69. The Bertz CT molecular complexity index is 556. The zero-order chi connectivity index (χ0) is 13.7. The summed E-state index contributed by atoms with van der Waals surface area (Å²) in [5.41, 5.74) is 1.08. The van der Waals surface area contributed by atoms with Gasteiger partial charge in [-0.05, 0) is 30.4 Å². The molecule has 0 bridgehead atoms. The first-order valence-electron chi connectivity index (χ1n) is 5.59. The van der Waals surface area contributed by atoms with Gasteiger partial charge < -0.3 is 5.32 Å². The number of nitrogens with zero attached hydrogens (tertiary/aromatic N) is 2. The molecule has 2 rings (SSSR count). The van der Waals surface area contributed by atoms with Crippen molar-refractivity contribution in [2.24, 2.45) is 0 Å². The Balaban J connectivity index is 1.82. The number of carbonyl (C=O) groups excluding carboxylic acids is 1. The number of thioether (sulfide) groups is 1. The van der Waals surface area contributed by atoms with Gasteiger partial charge in [0.1, 0.15) is 0 Å². The molecule has 0 fully saturated rings. The number of benzene rings is 1. The van der Waals surface area contributed by atoms with Crippen LogP contribution >= 0.6 is 34.7 Å². The molecule has 0 aliphatic heterocycles. The molecule has 0 aliphatic rings. The van der Waals surface area contributed by atoms with Crippen LogP contribution < -0.4 is 5.32 Å². The van der Waals surface area contributed by atoms with Crippen molar-refractivity contribution in [2.75, 3.05) is 11.6 Å². The summed E-state index contributed by atoms with van der Waals surface area (Å²) < 4.78 is 0.841. The first kappa shape index (κ1) is 14.3. The number of anilines is 1. The Morgan fingerprint density at radius 3 is 2.74 bits per heavy atom. The molecule has 0 unspecified atom stereocenters. The summed E-state index contributed by atoms with van der Waals surface area (Å²) in [7, 11) is 0. The highest BCUT2D eigenvalue weighted by atomic mass is 35.5. The van der Waals surface area contributed by atoms with Crippen LogP contribution in [0.2, 0.25) is 5.02 Å². The SMILES string of the molecule is CSc1nnc(NC(=O)CCc2ccc(Cl)cc2)s1. The summed E-state index contributed by atoms with van der Waals surface area (Å²) in [6.07, 6.45) is 3.01. The minimum atomic E-state index is -0.0567. The van der Waals surface area contributed by atoms with Crippen LogP contribution in [-0.2, 0) is 11.2 Å². The molecule has 4 nitrogen and oxygen atoms in total. The van der Waals surface area contributed by atoms with Crippen molar-refractivity contribution >= 4 is 45.7 Å². The van der Waals surface area contributed by atoms with Gasteiger partial charge in [-0.1, -0.05) is 46.8 Å². The summed E-state index contributed by atoms with van der Waals surface area (Å²) in [6, 6.07) is 7.49. The van der Waals surface area contributed by atoms with Gasteiger partial charge in [0, 0.05) is 11.4 Å². The topological polar surface area (TPSA) is 54.9 Å². The van der Waals surface area contributed by atoms with Crippen LogP contribution in [0.3, 0.4) is 0 Å². The standard InChI is InChI=1S/C12H12ClN3OS2/c1-18-12-16-15-11(19-12)14-10(17)7-4-8-2-5-9(13)6-3-8/h2-3,5-6H,4,7H2,1H3,(H,14,15,17). The minimum absolute atomic E-state index is 0.0567. The van der Waals surface area contributed by atoms with Gasteiger partial charge >= 0.3 is 0 Å². The van der Waals surface area contributed by atoms with Gasteiger partial charge in [-0.25, -0.2) is 0 Å². The summed E-state index contributed by atoms with van der Waals surface area (Å²) in [5.74, 6) is -0.0567. The number of carbonyl (C=O) groups is 1. The summed E-state index contributed by atoms with van der Waals surface area (Å²) in [6.45, 7) is 0. The molecule has 1 aromatic carbocycles. The lowest BCUT2D eigenvalue weighted by atomic mass is 10.1. The normalized spacial score (nSPS) is 10.4. The van der Waals surface area contributed by atoms with Gasteiger partial charge in [0.25, 0.3) is 0 Å². The number of halogens is 1. The van der Waals surface area contributed by atoms with E-state index < -0.39 is 0 Å². The van der Waals surface area contributed by atoms with E-state index in [9.17, 15) is 4.79 Å². The zero-order valence-electron chi connectivity index (χ0n) is 10.2. The minimum Gasteiger partial charge on any atom is -0.300 e. The van der Waals surface area contributed by atoms with Gasteiger partial charge in [-0.2, -0.15) is 0 Å². The van der Waals surface area contributed by atoms with Gasteiger partial charge in [0.2, 0.25) is 11.0 Å². The quantitative estimate of drug-likeness (QED) is 0.678. The summed E-state index contributed by atoms with van der Waals surface area (Å²) in [5, 5.41) is 11.8. The highest BCUT2D eigenvalue weighted by molar-refractivity contribution is 8.00. The van der Waals surface area contributed by atoms with Crippen LogP contribution in [0.5, 0.6) is 0 Å². The summed E-state index contributed by atoms with van der Waals surface area (Å²) in [4.78, 5) is 11.7. The Labute approximate surface area is 124 Å². The first-order valence-corrected chi connectivity index (χ1v) is 8.01. The van der Waals surface area contributed by atoms with E-state index in [0.717, 1.165) is 9.90 Å². The molecule has 0 atom stereocenters. The molecule has 0 saturated heterocycles. The van der Waals surface area contributed by atoms with E-state index in [2.05, 4.69) is 15.5 Å². The third-order valence-electron chi connectivity index (χ3n) is 2.38. The van der Waals surface area contributed by atoms with Crippen molar-refractivity contribution in [3.05, 3.63) is 34.9 Å². The van der Waals surface area contributed by atoms with Crippen LogP contribution in [0.25, 0.3) is 0 Å². The van der Waals surface area contributed by atoms with E-state index >= 15 is 0 Å². The second-order valence-corrected chi connectivity index (χ2v) is 6.22. The lowest BCUT2D eigenvalue weighted by Gasteiger charge is -2.02. The second kappa shape index (κ2) is 6.88. The van der Waals surface area contributed by atoms with E-state index in [1.165, 1.54) is 23.1 Å². The Kier molecular flexibility index (Phi) is 5.18. The maximum Gasteiger partial charge on any atom is 0.226 e. The van der Waals surface area contributed by atoms with Crippen LogP contribution in [0.4, 0.5) is 5.13 Å². The smallest absolute Gasteiger partial charge is 0.226 e. The lowest BCUT2D eigenvalue weighted by Crippen LogP contribution is -2.12. The van der Waals surface area contributed by atoms with Crippen molar-refractivity contribution in [2.45, 2.75) is 17.2 Å². The van der Waals surface area contributed by atoms with E-state index in [1.54, 1.807) is 0 Å². The third-order valence-corrected chi connectivity index (χ3v) is 4.45. The number of nitrogens with one attached hydrogen (secondary N) is 1. The molecule has 0 saturated carbocycles. The molecule has 1 amide bonds. The highest BCUT2D eigenvalue weighted by Crippen LogP contribution is 2.23. The Hall–Kier alpha value is -1.11. The van der Waals surface area contributed by atoms with Crippen LogP contribution in [0.15, 0.2) is 28.6 Å². The average Bonchev–Trinajstić information content (AvgIpc) is 2.86. The van der Waals surface area contributed by atoms with Crippen LogP contribution in [0.1, 0.15) is 12.0 Å². The van der Waals surface area contributed by atoms with Crippen molar-refractivity contribution in [1.29, 1.82) is 0 Å². The molecule has 1 heterocycles. The monoisotopic (exact) mass is 313 g/mol. The molecule has 7 heteroatoms. The predicted molar refractivity (Wildman–Crippen MR) is 80.1 cm³/mol. The number of hydrogen-bond acceptors (Lipinski definition) is 5. The molecule has 0 radical (unpaired) electrons. The second-order valence-electron chi connectivity index (χ2n) is 3.75. The first-order chi connectivity index (χ1) is 9.17. The van der Waals surface area contributed by atoms with Crippen LogP contribution in [0, 0.1) is 0 Å². The number of aromatic nitrogens is 2. The molecule has 1 aromatic heterocycles. The predicted octanol–water partition coefficient (Wildman–Crippen LogP) is 3.48. The molecule has 0 aliphatic carbocycles. The van der Waals surface area contributed by atoms with Crippen molar-refractivity contribution in [3.63, 3.8) is 0 Å². The molecule has 2 aromatic rings. The van der Waals surface area contributed by atoms with Gasteiger partial charge in [0.05, 0.1) is 0 Å². The van der Waals surface area contributed by atoms with Crippen LogP contribution in [-0.4, -0.2) is 22.4 Å². The molecule has 100 valence electrons. The molecular formula is C12H12ClN3OS2. The van der Waals surface area contributed by atoms with E-state index in [-0.39, 0.29) is 5.91 Å². The van der Waals surface area contributed by atoms with E-state index in [0.29, 0.717) is 23.0 Å². The molecule has 1 N–H and O–H groups in total. The van der Waals surface area contributed by atoms with Crippen molar-refractivity contribution < 1.29 is 4.79 Å². The number of rotatable bonds is 5. The average molecular weight is 314 g/mol. The van der Waals surface area contributed by atoms with Gasteiger partial charge in [-0.3, -0.25) is 4.79 Å². The van der Waals surface area contributed by atoms with E-state index in [1.807, 2.05) is 30.5 Å². The fraction of sp³-hybridized carbons (Fsp3) is 0.250. The Morgan fingerprint density at radius 1 is 1.37 bits per heavy atom. The third kappa shape index (κ3) is 4.49. The highest BCUT2D eigenvalue weighted by Gasteiger charge is 2.07.